The van der Waals surface area contributed by atoms with Gasteiger partial charge >= 0.3 is 7.82 Å². The van der Waals surface area contributed by atoms with Gasteiger partial charge in [-0.25, -0.2) is 9.55 Å². The Hall–Kier alpha value is -3.98. The van der Waals surface area contributed by atoms with Crippen molar-refractivity contribution in [3.63, 3.8) is 0 Å². The van der Waals surface area contributed by atoms with Crippen LogP contribution in [0.25, 0.3) is 11.2 Å². The lowest BCUT2D eigenvalue weighted by atomic mass is 9.79. The summed E-state index contributed by atoms with van der Waals surface area (Å²) in [7, 11) is -7.62. The molecule has 0 aliphatic carbocycles. The lowest BCUT2D eigenvalue weighted by molar-refractivity contribution is -0.109. The number of ether oxygens (including phenoxy) is 2. The predicted octanol–water partition coefficient (Wildman–Crippen LogP) is 5.78. The van der Waals surface area contributed by atoms with Gasteiger partial charge in [-0.05, 0) is 41.7 Å². The molecule has 1 aliphatic heterocycles. The Morgan fingerprint density at radius 3 is 2.06 bits per heavy atom. The normalized spacial score (nSPS) is 20.2. The van der Waals surface area contributed by atoms with Crippen LogP contribution in [0.1, 0.15) is 49.3 Å². The highest BCUT2D eigenvalue weighted by atomic mass is 31.2. The van der Waals surface area contributed by atoms with Crippen LogP contribution in [0.4, 0.5) is 5.95 Å². The number of nitrogens with two attached hydrogens (primary N) is 1. The van der Waals surface area contributed by atoms with E-state index in [9.17, 15) is 19.1 Å². The molecule has 0 saturated carbocycles. The summed E-state index contributed by atoms with van der Waals surface area (Å²) in [4.78, 5) is 43.7. The number of nitrogens with zero attached hydrogens (tertiary/aromatic N) is 3. The highest BCUT2D eigenvalue weighted by Gasteiger charge is 2.55. The second-order valence-corrected chi connectivity index (χ2v) is 20.3. The molecule has 6 rings (SSSR count). The van der Waals surface area contributed by atoms with Crippen molar-refractivity contribution in [3.05, 3.63) is 124 Å². The van der Waals surface area contributed by atoms with Crippen molar-refractivity contribution in [2.24, 2.45) is 0 Å². The molecule has 15 heteroatoms. The Morgan fingerprint density at radius 1 is 0.941 bits per heavy atom. The van der Waals surface area contributed by atoms with Crippen molar-refractivity contribution in [3.8, 4) is 0 Å². The van der Waals surface area contributed by atoms with Gasteiger partial charge in [0.1, 0.15) is 23.9 Å². The minimum atomic E-state index is -4.96. The number of phosphoric acid groups is 1. The van der Waals surface area contributed by atoms with Gasteiger partial charge in [0.2, 0.25) is 5.95 Å². The van der Waals surface area contributed by atoms with Crippen molar-refractivity contribution in [1.82, 2.24) is 19.5 Å². The highest BCUT2D eigenvalue weighted by Crippen LogP contribution is 2.49. The van der Waals surface area contributed by atoms with Gasteiger partial charge in [-0.3, -0.25) is 18.9 Å². The average Bonchev–Trinajstić information content (AvgIpc) is 3.63. The minimum absolute atomic E-state index is 0.0360. The van der Waals surface area contributed by atoms with Gasteiger partial charge in [0.15, 0.2) is 25.7 Å². The van der Waals surface area contributed by atoms with Crippen molar-refractivity contribution in [2.75, 3.05) is 12.3 Å². The standard InChI is InChI=1S/C36H44N5O8PSi/c1-23-17-19-26(20-18-23)36(24-13-9-7-10-14-24,25-15-11-8-12-16-25)48-29-27(21-46-50(43,44)45)47-33(30(29)49-51(5,6)35(2,3)4)41-22-38-28-31(41)39-34(37)40-32(28)42/h7-20,22,27,29-30,33H,21H2,1-6H3,(H2,43,44,45)(H3,37,39,40,42)/t27-,29-,30?,33?/m1/s1. The van der Waals surface area contributed by atoms with Gasteiger partial charge in [0, 0.05) is 0 Å². The summed E-state index contributed by atoms with van der Waals surface area (Å²) < 4.78 is 40.3. The number of hydrogen-bond donors (Lipinski definition) is 4. The molecule has 0 amide bonds. The van der Waals surface area contributed by atoms with E-state index in [1.165, 1.54) is 6.33 Å². The summed E-state index contributed by atoms with van der Waals surface area (Å²) in [5.74, 6) is -0.116. The number of imidazole rings is 1. The molecular weight excluding hydrogens is 689 g/mol. The third kappa shape index (κ3) is 7.37. The van der Waals surface area contributed by atoms with E-state index in [2.05, 4.69) is 48.8 Å². The number of nitrogens with one attached hydrogen (secondary N) is 1. The maximum atomic E-state index is 12.8. The maximum absolute atomic E-state index is 12.8. The molecule has 4 atom stereocenters. The first-order valence-corrected chi connectivity index (χ1v) is 21.1. The zero-order valence-electron chi connectivity index (χ0n) is 29.4. The van der Waals surface area contributed by atoms with Gasteiger partial charge in [0.25, 0.3) is 5.56 Å². The lowest BCUT2D eigenvalue weighted by Gasteiger charge is -2.44. The number of aromatic amines is 1. The number of H-pyrrole nitrogens is 1. The summed E-state index contributed by atoms with van der Waals surface area (Å²) in [6.45, 7) is 12.0. The first-order chi connectivity index (χ1) is 24.0. The van der Waals surface area contributed by atoms with Gasteiger partial charge in [-0.15, -0.1) is 0 Å². The molecule has 13 nitrogen and oxygen atoms in total. The summed E-state index contributed by atoms with van der Waals surface area (Å²) in [5.41, 5.74) is 7.83. The molecule has 3 aromatic carbocycles. The molecule has 0 radical (unpaired) electrons. The van der Waals surface area contributed by atoms with E-state index in [-0.39, 0.29) is 22.2 Å². The summed E-state index contributed by atoms with van der Waals surface area (Å²) in [6.07, 6.45) is -2.64. The van der Waals surface area contributed by atoms with E-state index in [1.54, 1.807) is 4.57 Å². The van der Waals surface area contributed by atoms with Crippen LogP contribution in [-0.4, -0.2) is 62.5 Å². The number of fused-ring (bicyclic) bond motifs is 1. The Kier molecular flexibility index (Phi) is 10.0. The SMILES string of the molecule is Cc1ccc(C(O[C@H]2C(O[Si](C)(C)C(C)(C)C)C(n3cnc4c(=O)[nH]c(N)nc43)O[C@@H]2COP(=O)(O)O)(c2ccccc2)c2ccccc2)cc1. The molecule has 2 aromatic heterocycles. The number of hydrogen-bond acceptors (Lipinski definition) is 9. The van der Waals surface area contributed by atoms with Crippen LogP contribution in [-0.2, 0) is 28.6 Å². The molecule has 5 N–H and O–H groups in total. The largest absolute Gasteiger partial charge is 0.469 e. The van der Waals surface area contributed by atoms with Crippen LogP contribution in [0, 0.1) is 6.92 Å². The van der Waals surface area contributed by atoms with E-state index < -0.39 is 58.4 Å². The fourth-order valence-electron chi connectivity index (χ4n) is 6.19. The molecule has 3 heterocycles. The monoisotopic (exact) mass is 733 g/mol. The van der Waals surface area contributed by atoms with Crippen molar-refractivity contribution in [1.29, 1.82) is 0 Å². The Labute approximate surface area is 297 Å². The second kappa shape index (κ2) is 13.9. The van der Waals surface area contributed by atoms with Gasteiger partial charge in [0.05, 0.1) is 12.9 Å². The first-order valence-electron chi connectivity index (χ1n) is 16.6. The smallest absolute Gasteiger partial charge is 0.407 e. The van der Waals surface area contributed by atoms with Crippen molar-refractivity contribution < 1.29 is 32.8 Å². The molecule has 0 spiro atoms. The van der Waals surface area contributed by atoms with Crippen LogP contribution in [0.2, 0.25) is 18.1 Å². The van der Waals surface area contributed by atoms with Gasteiger partial charge in [-0.1, -0.05) is 111 Å². The number of phosphoric ester groups is 1. The van der Waals surface area contributed by atoms with Crippen LogP contribution in [0.3, 0.4) is 0 Å². The van der Waals surface area contributed by atoms with Crippen molar-refractivity contribution in [2.45, 2.75) is 76.0 Å². The molecule has 270 valence electrons. The third-order valence-electron chi connectivity index (χ3n) is 9.79. The zero-order valence-corrected chi connectivity index (χ0v) is 31.3. The van der Waals surface area contributed by atoms with Gasteiger partial charge in [-0.2, -0.15) is 4.98 Å². The fourth-order valence-corrected chi connectivity index (χ4v) is 7.82. The highest BCUT2D eigenvalue weighted by molar-refractivity contribution is 7.46. The first kappa shape index (κ1) is 36.8. The molecule has 1 fully saturated rings. The number of benzene rings is 3. The maximum Gasteiger partial charge on any atom is 0.469 e. The van der Waals surface area contributed by atoms with E-state index in [0.717, 1.165) is 22.3 Å². The number of nitrogen functional groups attached to an aromatic ring is 1. The third-order valence-corrected chi connectivity index (χ3v) is 14.7. The zero-order chi connectivity index (χ0) is 36.8. The predicted molar refractivity (Wildman–Crippen MR) is 195 cm³/mol. The molecule has 0 bridgehead atoms. The van der Waals surface area contributed by atoms with Crippen LogP contribution >= 0.6 is 7.82 Å². The second-order valence-electron chi connectivity index (χ2n) is 14.3. The van der Waals surface area contributed by atoms with Crippen LogP contribution < -0.4 is 11.3 Å². The number of rotatable bonds is 11. The minimum Gasteiger partial charge on any atom is -0.407 e. The molecule has 51 heavy (non-hydrogen) atoms. The van der Waals surface area contributed by atoms with E-state index in [0.29, 0.717) is 0 Å². The molecular formula is C36H44N5O8PSi. The molecule has 5 aromatic rings. The molecule has 2 unspecified atom stereocenters. The number of anilines is 1. The van der Waals surface area contributed by atoms with Crippen LogP contribution in [0.5, 0.6) is 0 Å². The van der Waals surface area contributed by atoms with Crippen LogP contribution in [0.15, 0.2) is 96.1 Å². The average molecular weight is 734 g/mol. The Balaban J connectivity index is 1.61. The number of aryl methyl sites for hydroxylation is 1. The topological polar surface area (TPSA) is 184 Å². The van der Waals surface area contributed by atoms with E-state index >= 15 is 0 Å². The summed E-state index contributed by atoms with van der Waals surface area (Å²) in [6, 6.07) is 27.5. The number of aromatic nitrogens is 4. The van der Waals surface area contributed by atoms with Gasteiger partial charge < -0.3 is 29.4 Å². The summed E-state index contributed by atoms with van der Waals surface area (Å²) in [5, 5.41) is -0.272. The summed E-state index contributed by atoms with van der Waals surface area (Å²) >= 11 is 0. The Morgan fingerprint density at radius 2 is 1.51 bits per heavy atom. The quantitative estimate of drug-likeness (QED) is 0.0733. The lowest BCUT2D eigenvalue weighted by Crippen LogP contribution is -2.52. The van der Waals surface area contributed by atoms with E-state index in [4.69, 9.17) is 24.2 Å². The van der Waals surface area contributed by atoms with E-state index in [1.807, 2.05) is 91.9 Å². The Bertz CT molecular complexity index is 2040. The molecule has 1 saturated heterocycles. The van der Waals surface area contributed by atoms with Crippen molar-refractivity contribution >= 4 is 33.3 Å². The fraction of sp³-hybridized carbons (Fsp3) is 0.361. The molecule has 1 aliphatic rings.